The van der Waals surface area contributed by atoms with Crippen molar-refractivity contribution < 1.29 is 9.53 Å². The topological polar surface area (TPSA) is 44.8 Å². The molecule has 0 bridgehead atoms. The van der Waals surface area contributed by atoms with Crippen LogP contribution < -0.4 is 10.2 Å². The maximum atomic E-state index is 11.9. The van der Waals surface area contributed by atoms with Crippen molar-refractivity contribution >= 4 is 11.8 Å². The van der Waals surface area contributed by atoms with Gasteiger partial charge >= 0.3 is 6.09 Å². The highest BCUT2D eigenvalue weighted by atomic mass is 16.6. The Balaban J connectivity index is 2.05. The number of benzene rings is 1. The van der Waals surface area contributed by atoms with Gasteiger partial charge in [0.25, 0.3) is 0 Å². The Bertz CT molecular complexity index is 656. The number of nitrogens with one attached hydrogen (secondary N) is 1. The van der Waals surface area contributed by atoms with Crippen molar-refractivity contribution in [2.24, 2.45) is 0 Å². The third-order valence-corrected chi connectivity index (χ3v) is 4.83. The van der Waals surface area contributed by atoms with Crippen LogP contribution in [0, 0.1) is 0 Å². The number of ether oxygens (including phenoxy) is 1. The maximum Gasteiger partial charge on any atom is 0.407 e. The highest BCUT2D eigenvalue weighted by molar-refractivity contribution is 5.67. The molecule has 27 heavy (non-hydrogen) atoms. The third-order valence-electron chi connectivity index (χ3n) is 4.83. The fourth-order valence-electron chi connectivity index (χ4n) is 3.47. The summed E-state index contributed by atoms with van der Waals surface area (Å²) in [5.41, 5.74) is 4.64. The summed E-state index contributed by atoms with van der Waals surface area (Å²) in [6, 6.07) is 6.54. The number of aryl methyl sites for hydroxylation is 1. The standard InChI is InChI=1S/C22H35N3O2/c1-7-18-9-8-10-20(25-15-13-24(14-16-25)17(2)3)19(18)11-12-23-21(26)27-22(4,5)6/h8-10H,2,7,11-16H2,1,3-6H3,(H,23,26). The molecule has 1 amide bonds. The molecule has 1 heterocycles. The van der Waals surface area contributed by atoms with Crippen LogP contribution in [-0.2, 0) is 17.6 Å². The first kappa shape index (κ1) is 21.1. The van der Waals surface area contributed by atoms with Gasteiger partial charge in [0.05, 0.1) is 0 Å². The van der Waals surface area contributed by atoms with E-state index in [4.69, 9.17) is 4.74 Å². The van der Waals surface area contributed by atoms with Crippen LogP contribution in [0.3, 0.4) is 0 Å². The van der Waals surface area contributed by atoms with E-state index >= 15 is 0 Å². The average Bonchev–Trinajstić information content (AvgIpc) is 2.60. The van der Waals surface area contributed by atoms with Gasteiger partial charge in [-0.25, -0.2) is 4.79 Å². The molecule has 2 rings (SSSR count). The number of hydrogen-bond acceptors (Lipinski definition) is 4. The van der Waals surface area contributed by atoms with E-state index in [0.29, 0.717) is 6.54 Å². The molecule has 0 saturated carbocycles. The summed E-state index contributed by atoms with van der Waals surface area (Å²) in [7, 11) is 0. The molecule has 1 N–H and O–H groups in total. The van der Waals surface area contributed by atoms with E-state index < -0.39 is 5.60 Å². The summed E-state index contributed by atoms with van der Waals surface area (Å²) < 4.78 is 5.34. The molecule has 1 aliphatic rings. The minimum atomic E-state index is -0.473. The van der Waals surface area contributed by atoms with Gasteiger partial charge in [0.15, 0.2) is 0 Å². The SMILES string of the molecule is C=C(C)N1CCN(c2cccc(CC)c2CCNC(=O)OC(C)(C)C)CC1. The van der Waals surface area contributed by atoms with Gasteiger partial charge in [-0.15, -0.1) is 0 Å². The van der Waals surface area contributed by atoms with Crippen LogP contribution >= 0.6 is 0 Å². The van der Waals surface area contributed by atoms with Crippen LogP contribution in [0.2, 0.25) is 0 Å². The van der Waals surface area contributed by atoms with Gasteiger partial charge in [0.2, 0.25) is 0 Å². The summed E-state index contributed by atoms with van der Waals surface area (Å²) in [6.45, 7) is 18.5. The van der Waals surface area contributed by atoms with Crippen LogP contribution in [0.25, 0.3) is 0 Å². The number of carbonyl (C=O) groups is 1. The number of anilines is 1. The first-order chi connectivity index (χ1) is 12.7. The quantitative estimate of drug-likeness (QED) is 0.819. The van der Waals surface area contributed by atoms with Crippen molar-refractivity contribution in [1.82, 2.24) is 10.2 Å². The largest absolute Gasteiger partial charge is 0.444 e. The minimum Gasteiger partial charge on any atom is -0.444 e. The van der Waals surface area contributed by atoms with Gasteiger partial charge in [0.1, 0.15) is 5.60 Å². The molecule has 1 aromatic rings. The summed E-state index contributed by atoms with van der Waals surface area (Å²) in [5.74, 6) is 0. The molecule has 0 unspecified atom stereocenters. The van der Waals surface area contributed by atoms with Crippen LogP contribution in [0.15, 0.2) is 30.5 Å². The number of carbonyl (C=O) groups excluding carboxylic acids is 1. The first-order valence-electron chi connectivity index (χ1n) is 9.94. The number of rotatable bonds is 6. The smallest absolute Gasteiger partial charge is 0.407 e. The summed E-state index contributed by atoms with van der Waals surface area (Å²) in [6.07, 6.45) is 1.44. The lowest BCUT2D eigenvalue weighted by Crippen LogP contribution is -2.45. The second-order valence-corrected chi connectivity index (χ2v) is 8.16. The average molecular weight is 374 g/mol. The lowest BCUT2D eigenvalue weighted by Gasteiger charge is -2.38. The monoisotopic (exact) mass is 373 g/mol. The zero-order chi connectivity index (χ0) is 20.0. The van der Waals surface area contributed by atoms with E-state index in [-0.39, 0.29) is 6.09 Å². The zero-order valence-corrected chi connectivity index (χ0v) is 17.6. The van der Waals surface area contributed by atoms with E-state index in [1.165, 1.54) is 16.8 Å². The number of hydrogen-bond donors (Lipinski definition) is 1. The fraction of sp³-hybridized carbons (Fsp3) is 0.591. The van der Waals surface area contributed by atoms with Gasteiger partial charge in [-0.3, -0.25) is 0 Å². The molecule has 5 nitrogen and oxygen atoms in total. The van der Waals surface area contributed by atoms with Crippen LogP contribution in [-0.4, -0.2) is 49.3 Å². The molecule has 1 saturated heterocycles. The van der Waals surface area contributed by atoms with Gasteiger partial charge in [-0.05, 0) is 57.7 Å². The second-order valence-electron chi connectivity index (χ2n) is 8.16. The van der Waals surface area contributed by atoms with Gasteiger partial charge in [-0.1, -0.05) is 25.6 Å². The molecule has 0 spiro atoms. The molecule has 0 radical (unpaired) electrons. The first-order valence-corrected chi connectivity index (χ1v) is 9.94. The van der Waals surface area contributed by atoms with Gasteiger partial charge in [0, 0.05) is 44.1 Å². The van der Waals surface area contributed by atoms with E-state index in [1.54, 1.807) is 0 Å². The van der Waals surface area contributed by atoms with E-state index in [9.17, 15) is 4.79 Å². The number of amides is 1. The number of piperazine rings is 1. The summed E-state index contributed by atoms with van der Waals surface area (Å²) >= 11 is 0. The molecule has 1 aromatic carbocycles. The normalized spacial score (nSPS) is 14.9. The molecule has 0 aromatic heterocycles. The lowest BCUT2D eigenvalue weighted by molar-refractivity contribution is 0.0528. The molecule has 5 heteroatoms. The van der Waals surface area contributed by atoms with Crippen molar-refractivity contribution in [3.05, 3.63) is 41.6 Å². The van der Waals surface area contributed by atoms with E-state index in [2.05, 4.69) is 53.7 Å². The Labute approximate surface area is 164 Å². The van der Waals surface area contributed by atoms with Gasteiger partial charge in [-0.2, -0.15) is 0 Å². The molecular weight excluding hydrogens is 338 g/mol. The molecular formula is C22H35N3O2. The van der Waals surface area contributed by atoms with E-state index in [0.717, 1.165) is 44.7 Å². The second kappa shape index (κ2) is 9.16. The highest BCUT2D eigenvalue weighted by Gasteiger charge is 2.20. The highest BCUT2D eigenvalue weighted by Crippen LogP contribution is 2.26. The van der Waals surface area contributed by atoms with Crippen LogP contribution in [0.1, 0.15) is 45.7 Å². The maximum absolute atomic E-state index is 11.9. The molecule has 0 atom stereocenters. The molecule has 150 valence electrons. The van der Waals surface area contributed by atoms with Crippen molar-refractivity contribution in [1.29, 1.82) is 0 Å². The van der Waals surface area contributed by atoms with Crippen LogP contribution in [0.5, 0.6) is 0 Å². The number of allylic oxidation sites excluding steroid dienone is 1. The Hall–Kier alpha value is -2.17. The predicted molar refractivity (Wildman–Crippen MR) is 112 cm³/mol. The lowest BCUT2D eigenvalue weighted by atomic mass is 9.99. The minimum absolute atomic E-state index is 0.354. The number of alkyl carbamates (subject to hydrolysis) is 1. The third kappa shape index (κ3) is 6.19. The molecule has 1 fully saturated rings. The van der Waals surface area contributed by atoms with Crippen molar-refractivity contribution in [3.8, 4) is 0 Å². The number of nitrogens with zero attached hydrogens (tertiary/aromatic N) is 2. The zero-order valence-electron chi connectivity index (χ0n) is 17.6. The Morgan fingerprint density at radius 3 is 2.44 bits per heavy atom. The Morgan fingerprint density at radius 2 is 1.89 bits per heavy atom. The van der Waals surface area contributed by atoms with Gasteiger partial charge < -0.3 is 19.9 Å². The van der Waals surface area contributed by atoms with Crippen molar-refractivity contribution in [2.45, 2.75) is 53.1 Å². The van der Waals surface area contributed by atoms with Crippen molar-refractivity contribution in [3.63, 3.8) is 0 Å². The van der Waals surface area contributed by atoms with E-state index in [1.807, 2.05) is 20.8 Å². The Morgan fingerprint density at radius 1 is 1.22 bits per heavy atom. The summed E-state index contributed by atoms with van der Waals surface area (Å²) in [5, 5.41) is 2.89. The summed E-state index contributed by atoms with van der Waals surface area (Å²) in [4.78, 5) is 16.7. The predicted octanol–water partition coefficient (Wildman–Crippen LogP) is 3.97. The fourth-order valence-corrected chi connectivity index (χ4v) is 3.47. The van der Waals surface area contributed by atoms with Crippen molar-refractivity contribution in [2.75, 3.05) is 37.6 Å². The molecule has 1 aliphatic heterocycles. The Kier molecular flexibility index (Phi) is 7.17. The molecule has 0 aliphatic carbocycles. The van der Waals surface area contributed by atoms with Crippen LogP contribution in [0.4, 0.5) is 10.5 Å².